The van der Waals surface area contributed by atoms with Crippen molar-refractivity contribution in [2.24, 2.45) is 0 Å². The van der Waals surface area contributed by atoms with E-state index in [1.54, 1.807) is 11.3 Å². The Bertz CT molecular complexity index is 770. The molecule has 3 aromatic heterocycles. The van der Waals surface area contributed by atoms with Crippen LogP contribution in [0.1, 0.15) is 29.1 Å². The summed E-state index contributed by atoms with van der Waals surface area (Å²) in [4.78, 5) is 9.17. The minimum absolute atomic E-state index is 0.411. The van der Waals surface area contributed by atoms with E-state index in [4.69, 9.17) is 11.6 Å². The summed E-state index contributed by atoms with van der Waals surface area (Å²) in [6.45, 7) is 7.77. The molecule has 0 spiro atoms. The Hall–Kier alpha value is -1.40. The average Bonchev–Trinajstić information content (AvgIpc) is 3.12. The predicted octanol–water partition coefficient (Wildman–Crippen LogP) is 3.31. The molecule has 112 valence electrons. The molecule has 7 heteroatoms. The molecule has 21 heavy (non-hydrogen) atoms. The molecule has 3 heterocycles. The molecule has 0 aliphatic heterocycles. The Balaban J connectivity index is 1.99. The number of imidazole rings is 1. The van der Waals surface area contributed by atoms with E-state index in [2.05, 4.69) is 31.9 Å². The van der Waals surface area contributed by atoms with Gasteiger partial charge in [-0.1, -0.05) is 0 Å². The lowest BCUT2D eigenvalue weighted by molar-refractivity contribution is 0.615. The highest BCUT2D eigenvalue weighted by Crippen LogP contribution is 2.22. The molecule has 0 amide bonds. The standard InChI is InChI=1S/C14H18ClN5S/c1-4-20-14-13(10(3)18-20)17-11(7-15)19(14)6-5-12-16-9(2)8-21-12/h8H,4-7H2,1-3H3. The van der Waals surface area contributed by atoms with Gasteiger partial charge in [0.25, 0.3) is 0 Å². The highest BCUT2D eigenvalue weighted by Gasteiger charge is 2.17. The maximum Gasteiger partial charge on any atom is 0.158 e. The molecule has 0 saturated heterocycles. The first-order valence-corrected chi connectivity index (χ1v) is 8.45. The first kappa shape index (κ1) is 14.5. The molecule has 0 atom stereocenters. The molecule has 5 nitrogen and oxygen atoms in total. The molecule has 0 fully saturated rings. The third kappa shape index (κ3) is 2.58. The van der Waals surface area contributed by atoms with Crippen LogP contribution in [0, 0.1) is 13.8 Å². The smallest absolute Gasteiger partial charge is 0.158 e. The molecule has 0 unspecified atom stereocenters. The van der Waals surface area contributed by atoms with E-state index in [0.29, 0.717) is 5.88 Å². The molecule has 0 aliphatic carbocycles. The molecule has 0 saturated carbocycles. The van der Waals surface area contributed by atoms with Crippen molar-refractivity contribution in [2.45, 2.75) is 46.2 Å². The molecule has 3 rings (SSSR count). The number of halogens is 1. The topological polar surface area (TPSA) is 48.5 Å². The van der Waals surface area contributed by atoms with E-state index < -0.39 is 0 Å². The van der Waals surface area contributed by atoms with E-state index >= 15 is 0 Å². The minimum Gasteiger partial charge on any atom is -0.311 e. The number of fused-ring (bicyclic) bond motifs is 1. The second-order valence-electron chi connectivity index (χ2n) is 5.02. The maximum atomic E-state index is 6.07. The molecule has 3 aromatic rings. The zero-order valence-corrected chi connectivity index (χ0v) is 14.0. The molecule has 0 N–H and O–H groups in total. The Morgan fingerprint density at radius 1 is 1.29 bits per heavy atom. The summed E-state index contributed by atoms with van der Waals surface area (Å²) in [5.74, 6) is 1.32. The largest absolute Gasteiger partial charge is 0.311 e. The first-order valence-electron chi connectivity index (χ1n) is 7.03. The van der Waals surface area contributed by atoms with E-state index in [1.807, 2.05) is 18.5 Å². The van der Waals surface area contributed by atoms with Crippen molar-refractivity contribution in [2.75, 3.05) is 0 Å². The van der Waals surface area contributed by atoms with Gasteiger partial charge >= 0.3 is 0 Å². The molecule has 0 aromatic carbocycles. The number of thiazole rings is 1. The van der Waals surface area contributed by atoms with Crippen LogP contribution in [-0.2, 0) is 25.4 Å². The monoisotopic (exact) mass is 323 g/mol. The van der Waals surface area contributed by atoms with Crippen LogP contribution >= 0.6 is 22.9 Å². The SMILES string of the molecule is CCn1nc(C)c2nc(CCl)n(CCc3nc(C)cs3)c21. The summed E-state index contributed by atoms with van der Waals surface area (Å²) < 4.78 is 4.18. The van der Waals surface area contributed by atoms with Gasteiger partial charge in [0, 0.05) is 30.6 Å². The van der Waals surface area contributed by atoms with Gasteiger partial charge in [0.05, 0.1) is 16.6 Å². The van der Waals surface area contributed by atoms with Crippen LogP contribution in [0.2, 0.25) is 0 Å². The van der Waals surface area contributed by atoms with Gasteiger partial charge < -0.3 is 4.57 Å². The maximum absolute atomic E-state index is 6.07. The van der Waals surface area contributed by atoms with Gasteiger partial charge in [-0.2, -0.15) is 5.10 Å². The number of hydrogen-bond acceptors (Lipinski definition) is 4. The van der Waals surface area contributed by atoms with Crippen molar-refractivity contribution in [3.63, 3.8) is 0 Å². The van der Waals surface area contributed by atoms with Crippen molar-refractivity contribution in [1.82, 2.24) is 24.3 Å². The van der Waals surface area contributed by atoms with E-state index in [-0.39, 0.29) is 0 Å². The Kier molecular flexibility index (Phi) is 3.99. The average molecular weight is 324 g/mol. The van der Waals surface area contributed by atoms with Crippen molar-refractivity contribution in [1.29, 1.82) is 0 Å². The highest BCUT2D eigenvalue weighted by atomic mass is 35.5. The summed E-state index contributed by atoms with van der Waals surface area (Å²) in [5, 5.41) is 7.77. The number of hydrogen-bond donors (Lipinski definition) is 0. The van der Waals surface area contributed by atoms with Gasteiger partial charge in [-0.3, -0.25) is 0 Å². The summed E-state index contributed by atoms with van der Waals surface area (Å²) in [6, 6.07) is 0. The number of aryl methyl sites for hydroxylation is 5. The Morgan fingerprint density at radius 3 is 2.71 bits per heavy atom. The van der Waals surface area contributed by atoms with Crippen LogP contribution in [0.4, 0.5) is 0 Å². The molecular formula is C14H18ClN5S. The summed E-state index contributed by atoms with van der Waals surface area (Å²) in [6.07, 6.45) is 0.891. The van der Waals surface area contributed by atoms with Crippen LogP contribution in [-0.4, -0.2) is 24.3 Å². The van der Waals surface area contributed by atoms with Gasteiger partial charge in [0.15, 0.2) is 5.65 Å². The normalized spacial score (nSPS) is 11.6. The van der Waals surface area contributed by atoms with Crippen molar-refractivity contribution >= 4 is 34.1 Å². The van der Waals surface area contributed by atoms with Crippen LogP contribution < -0.4 is 0 Å². The summed E-state index contributed by atoms with van der Waals surface area (Å²) in [7, 11) is 0. The summed E-state index contributed by atoms with van der Waals surface area (Å²) >= 11 is 7.77. The third-order valence-electron chi connectivity index (χ3n) is 3.51. The Labute approximate surface area is 132 Å². The van der Waals surface area contributed by atoms with Crippen LogP contribution in [0.3, 0.4) is 0 Å². The summed E-state index contributed by atoms with van der Waals surface area (Å²) in [5.41, 5.74) is 4.07. The quantitative estimate of drug-likeness (QED) is 0.677. The fourth-order valence-corrected chi connectivity index (χ4v) is 3.52. The molecular weight excluding hydrogens is 306 g/mol. The van der Waals surface area contributed by atoms with Crippen molar-refractivity contribution in [3.8, 4) is 0 Å². The van der Waals surface area contributed by atoms with Crippen molar-refractivity contribution < 1.29 is 0 Å². The number of rotatable bonds is 5. The zero-order valence-electron chi connectivity index (χ0n) is 12.4. The molecule has 0 bridgehead atoms. The van der Waals surface area contributed by atoms with E-state index in [9.17, 15) is 0 Å². The van der Waals surface area contributed by atoms with Crippen LogP contribution in [0.25, 0.3) is 11.2 Å². The molecule has 0 aliphatic rings. The minimum atomic E-state index is 0.411. The molecule has 0 radical (unpaired) electrons. The van der Waals surface area contributed by atoms with Gasteiger partial charge in [0.2, 0.25) is 0 Å². The zero-order chi connectivity index (χ0) is 15.0. The van der Waals surface area contributed by atoms with Crippen LogP contribution in [0.5, 0.6) is 0 Å². The lowest BCUT2D eigenvalue weighted by Crippen LogP contribution is -2.09. The third-order valence-corrected chi connectivity index (χ3v) is 4.78. The fraction of sp³-hybridized carbons (Fsp3) is 0.500. The van der Waals surface area contributed by atoms with E-state index in [1.165, 1.54) is 0 Å². The van der Waals surface area contributed by atoms with Crippen molar-refractivity contribution in [3.05, 3.63) is 27.6 Å². The van der Waals surface area contributed by atoms with Gasteiger partial charge in [-0.05, 0) is 20.8 Å². The van der Waals surface area contributed by atoms with Gasteiger partial charge in [-0.25, -0.2) is 14.6 Å². The second-order valence-corrected chi connectivity index (χ2v) is 6.23. The van der Waals surface area contributed by atoms with Crippen LogP contribution in [0.15, 0.2) is 5.38 Å². The second kappa shape index (κ2) is 5.77. The first-order chi connectivity index (χ1) is 10.1. The highest BCUT2D eigenvalue weighted by molar-refractivity contribution is 7.09. The number of alkyl halides is 1. The lowest BCUT2D eigenvalue weighted by Gasteiger charge is -2.08. The van der Waals surface area contributed by atoms with E-state index in [0.717, 1.165) is 52.9 Å². The fourth-order valence-electron chi connectivity index (χ4n) is 2.55. The number of aromatic nitrogens is 5. The number of nitrogens with zero attached hydrogens (tertiary/aromatic N) is 5. The van der Waals surface area contributed by atoms with Gasteiger partial charge in [0.1, 0.15) is 11.3 Å². The Morgan fingerprint density at radius 2 is 2.10 bits per heavy atom. The lowest BCUT2D eigenvalue weighted by atomic mass is 10.4. The van der Waals surface area contributed by atoms with Gasteiger partial charge in [-0.15, -0.1) is 22.9 Å². The predicted molar refractivity (Wildman–Crippen MR) is 86.0 cm³/mol.